The van der Waals surface area contributed by atoms with Gasteiger partial charge >= 0.3 is 0 Å². The second-order valence-corrected chi connectivity index (χ2v) is 15.5. The summed E-state index contributed by atoms with van der Waals surface area (Å²) in [5.41, 5.74) is 20.1. The van der Waals surface area contributed by atoms with E-state index in [4.69, 9.17) is 0 Å². The van der Waals surface area contributed by atoms with E-state index >= 15 is 0 Å². The molecule has 0 aromatic heterocycles. The normalized spacial score (nSPS) is 15.2. The van der Waals surface area contributed by atoms with Gasteiger partial charge in [-0.05, 0) is 156 Å². The third-order valence-corrected chi connectivity index (χ3v) is 11.5. The molecule has 2 aliphatic rings. The molecule has 0 unspecified atom stereocenters. The van der Waals surface area contributed by atoms with Gasteiger partial charge in [0.25, 0.3) is 0 Å². The summed E-state index contributed by atoms with van der Waals surface area (Å²) in [6.07, 6.45) is 16.4. The standard InChI is InChI=1S/C52H52N2/c1-11-21-37(22-12-2)53(39-25-17-15-18-26-39)41-29-31-43-45(33-41)51(7,8)49-36(6)50-48(35(5)47(43)49)44-32-30-42(34-46(44)52(50,9)10)54(38(23-13-3)24-14-4)40-27-19-16-20-28-40/h11-34H,1,3H2,2,4-10H3/b22-12-,24-14-,37-21+,38-23+. The lowest BCUT2D eigenvalue weighted by Crippen LogP contribution is -2.23. The highest BCUT2D eigenvalue weighted by Gasteiger charge is 2.45. The first kappa shape index (κ1) is 36.5. The van der Waals surface area contributed by atoms with Crippen LogP contribution in [0.15, 0.2) is 170 Å². The van der Waals surface area contributed by atoms with Gasteiger partial charge in [-0.1, -0.05) is 114 Å². The minimum atomic E-state index is -0.202. The number of hydrogen-bond donors (Lipinski definition) is 0. The smallest absolute Gasteiger partial charge is 0.0465 e. The third-order valence-electron chi connectivity index (χ3n) is 11.5. The highest BCUT2D eigenvalue weighted by Crippen LogP contribution is 2.60. The van der Waals surface area contributed by atoms with E-state index in [-0.39, 0.29) is 10.8 Å². The molecule has 0 fully saturated rings. The fraction of sp³-hybridized carbons (Fsp3) is 0.192. The minimum absolute atomic E-state index is 0.202. The predicted molar refractivity (Wildman–Crippen MR) is 234 cm³/mol. The first-order valence-electron chi connectivity index (χ1n) is 19.1. The summed E-state index contributed by atoms with van der Waals surface area (Å²) in [7, 11) is 0. The summed E-state index contributed by atoms with van der Waals surface area (Å²) in [5.74, 6) is 0. The summed E-state index contributed by atoms with van der Waals surface area (Å²) in [4.78, 5) is 4.67. The van der Waals surface area contributed by atoms with Crippen molar-refractivity contribution in [1.29, 1.82) is 0 Å². The number of hydrogen-bond acceptors (Lipinski definition) is 2. The number of allylic oxidation sites excluding steroid dienone is 8. The molecule has 0 heterocycles. The van der Waals surface area contributed by atoms with Crippen molar-refractivity contribution in [2.24, 2.45) is 0 Å². The largest absolute Gasteiger partial charge is 0.311 e. The van der Waals surface area contributed by atoms with Gasteiger partial charge in [0.05, 0.1) is 0 Å². The fourth-order valence-electron chi connectivity index (χ4n) is 9.36. The highest BCUT2D eigenvalue weighted by molar-refractivity contribution is 5.96. The van der Waals surface area contributed by atoms with E-state index in [0.29, 0.717) is 0 Å². The number of rotatable bonds is 10. The summed E-state index contributed by atoms with van der Waals surface area (Å²) in [5, 5.41) is 0. The van der Waals surface area contributed by atoms with Crippen molar-refractivity contribution >= 4 is 22.7 Å². The predicted octanol–water partition coefficient (Wildman–Crippen LogP) is 14.5. The van der Waals surface area contributed by atoms with Crippen LogP contribution in [0.4, 0.5) is 22.7 Å². The van der Waals surface area contributed by atoms with Crippen LogP contribution in [-0.2, 0) is 10.8 Å². The quantitative estimate of drug-likeness (QED) is 0.134. The van der Waals surface area contributed by atoms with E-state index in [1.807, 2.05) is 12.2 Å². The van der Waals surface area contributed by atoms with Crippen LogP contribution in [0.2, 0.25) is 0 Å². The van der Waals surface area contributed by atoms with Crippen LogP contribution in [0, 0.1) is 13.8 Å². The zero-order chi connectivity index (χ0) is 38.4. The molecule has 0 amide bonds. The first-order valence-corrected chi connectivity index (χ1v) is 19.1. The average molecular weight is 705 g/mol. The van der Waals surface area contributed by atoms with Gasteiger partial charge in [-0.2, -0.15) is 0 Å². The van der Waals surface area contributed by atoms with Crippen molar-refractivity contribution in [2.45, 2.75) is 66.2 Å². The van der Waals surface area contributed by atoms with Gasteiger partial charge in [-0.25, -0.2) is 0 Å². The van der Waals surface area contributed by atoms with Crippen LogP contribution in [-0.4, -0.2) is 0 Å². The number of anilines is 4. The number of para-hydroxylation sites is 2. The van der Waals surface area contributed by atoms with Crippen LogP contribution < -0.4 is 9.80 Å². The summed E-state index contributed by atoms with van der Waals surface area (Å²) in [6, 6.07) is 35.4. The van der Waals surface area contributed by atoms with Gasteiger partial charge in [0.15, 0.2) is 0 Å². The van der Waals surface area contributed by atoms with Gasteiger partial charge in [-0.15, -0.1) is 0 Å². The lowest BCUT2D eigenvalue weighted by molar-refractivity contribution is 0.630. The Morgan fingerprint density at radius 1 is 0.519 bits per heavy atom. The molecular weight excluding hydrogens is 653 g/mol. The van der Waals surface area contributed by atoms with Crippen molar-refractivity contribution in [2.75, 3.05) is 9.80 Å². The number of nitrogens with zero attached hydrogens (tertiary/aromatic N) is 2. The highest BCUT2D eigenvalue weighted by atomic mass is 15.2. The molecule has 54 heavy (non-hydrogen) atoms. The second kappa shape index (κ2) is 14.2. The Hall–Kier alpha value is -5.86. The molecule has 2 nitrogen and oxygen atoms in total. The Morgan fingerprint density at radius 2 is 0.907 bits per heavy atom. The summed E-state index contributed by atoms with van der Waals surface area (Å²) >= 11 is 0. The zero-order valence-electron chi connectivity index (χ0n) is 33.2. The Labute approximate surface area is 323 Å². The average Bonchev–Trinajstić information content (AvgIpc) is 3.55. The topological polar surface area (TPSA) is 6.48 Å². The molecule has 2 heteroatoms. The fourth-order valence-corrected chi connectivity index (χ4v) is 9.36. The van der Waals surface area contributed by atoms with Gasteiger partial charge in [0, 0.05) is 45.0 Å². The van der Waals surface area contributed by atoms with E-state index in [2.05, 4.69) is 212 Å². The maximum absolute atomic E-state index is 4.04. The van der Waals surface area contributed by atoms with Crippen molar-refractivity contribution in [3.63, 3.8) is 0 Å². The molecule has 0 spiro atoms. The van der Waals surface area contributed by atoms with Gasteiger partial charge in [0.1, 0.15) is 0 Å². The van der Waals surface area contributed by atoms with E-state index in [9.17, 15) is 0 Å². The maximum atomic E-state index is 4.04. The molecule has 0 radical (unpaired) electrons. The van der Waals surface area contributed by atoms with Crippen LogP contribution in [0.3, 0.4) is 0 Å². The molecule has 5 aromatic carbocycles. The summed E-state index contributed by atoms with van der Waals surface area (Å²) in [6.45, 7) is 26.6. The monoisotopic (exact) mass is 704 g/mol. The Kier molecular flexibility index (Phi) is 9.58. The number of benzene rings is 5. The Morgan fingerprint density at radius 3 is 1.26 bits per heavy atom. The summed E-state index contributed by atoms with van der Waals surface area (Å²) < 4.78 is 0. The molecule has 0 saturated heterocycles. The molecule has 0 N–H and O–H groups in total. The van der Waals surface area contributed by atoms with Gasteiger partial charge in [-0.3, -0.25) is 0 Å². The zero-order valence-corrected chi connectivity index (χ0v) is 33.2. The van der Waals surface area contributed by atoms with Crippen LogP contribution >= 0.6 is 0 Å². The molecule has 0 aliphatic heterocycles. The SMILES string of the molecule is C=C/C=C(\C=C/C)N(c1ccccc1)c1ccc2c(c1)C(C)(C)c1c(C)c3c(c(C)c1-2)-c1ccc(N(C(/C=C\C)=C/C=C)c2ccccc2)cc1C3(C)C. The number of fused-ring (bicyclic) bond motifs is 6. The molecule has 0 bridgehead atoms. The van der Waals surface area contributed by atoms with E-state index < -0.39 is 0 Å². The van der Waals surface area contributed by atoms with E-state index in [1.54, 1.807) is 0 Å². The van der Waals surface area contributed by atoms with Gasteiger partial charge < -0.3 is 9.80 Å². The molecular formula is C52H52N2. The van der Waals surface area contributed by atoms with Crippen LogP contribution in [0.25, 0.3) is 22.3 Å². The third kappa shape index (κ3) is 5.73. The molecule has 0 saturated carbocycles. The lowest BCUT2D eigenvalue weighted by atomic mass is 9.73. The second-order valence-electron chi connectivity index (χ2n) is 15.5. The molecule has 0 atom stereocenters. The van der Waals surface area contributed by atoms with E-state index in [0.717, 1.165) is 34.1 Å². The van der Waals surface area contributed by atoms with Crippen molar-refractivity contribution in [3.05, 3.63) is 204 Å². The van der Waals surface area contributed by atoms with Crippen molar-refractivity contribution in [1.82, 2.24) is 0 Å². The maximum Gasteiger partial charge on any atom is 0.0465 e. The van der Waals surface area contributed by atoms with Crippen LogP contribution in [0.1, 0.15) is 74.9 Å². The molecule has 7 rings (SSSR count). The van der Waals surface area contributed by atoms with Crippen molar-refractivity contribution < 1.29 is 0 Å². The minimum Gasteiger partial charge on any atom is -0.311 e. The van der Waals surface area contributed by atoms with Gasteiger partial charge in [0.2, 0.25) is 0 Å². The van der Waals surface area contributed by atoms with E-state index in [1.165, 1.54) is 55.6 Å². The van der Waals surface area contributed by atoms with Crippen molar-refractivity contribution in [3.8, 4) is 22.3 Å². The lowest BCUT2D eigenvalue weighted by Gasteiger charge is -2.31. The Balaban J connectivity index is 1.42. The Bertz CT molecular complexity index is 2230. The molecule has 2 aliphatic carbocycles. The molecule has 5 aromatic rings. The molecule has 270 valence electrons. The van der Waals surface area contributed by atoms with Crippen LogP contribution in [0.5, 0.6) is 0 Å². The first-order chi connectivity index (χ1) is 26.0.